The molecule has 3 nitrogen and oxygen atoms in total. The molecule has 3 rings (SSSR count). The molecule has 2 fully saturated rings. The molecule has 2 atom stereocenters. The highest BCUT2D eigenvalue weighted by atomic mass is 16.3. The number of likely N-dealkylation sites (tertiary alicyclic amines) is 1. The van der Waals surface area contributed by atoms with Gasteiger partial charge in [-0.15, -0.1) is 0 Å². The third-order valence-corrected chi connectivity index (χ3v) is 4.81. The zero-order valence-corrected chi connectivity index (χ0v) is 12.5. The first-order chi connectivity index (χ1) is 9.74. The van der Waals surface area contributed by atoms with Gasteiger partial charge in [0.15, 0.2) is 0 Å². The third-order valence-electron chi connectivity index (χ3n) is 4.81. The van der Waals surface area contributed by atoms with Crippen molar-refractivity contribution in [1.29, 1.82) is 0 Å². The van der Waals surface area contributed by atoms with Crippen molar-refractivity contribution < 1.29 is 5.11 Å². The van der Waals surface area contributed by atoms with Gasteiger partial charge in [0.1, 0.15) is 0 Å². The summed E-state index contributed by atoms with van der Waals surface area (Å²) >= 11 is 0. The Morgan fingerprint density at radius 2 is 1.75 bits per heavy atom. The second kappa shape index (κ2) is 6.15. The summed E-state index contributed by atoms with van der Waals surface area (Å²) in [4.78, 5) is 5.18. The summed E-state index contributed by atoms with van der Waals surface area (Å²) in [6.45, 7) is 6.72. The van der Waals surface area contributed by atoms with Gasteiger partial charge >= 0.3 is 0 Å². The fourth-order valence-electron chi connectivity index (χ4n) is 3.52. The molecule has 2 aliphatic heterocycles. The van der Waals surface area contributed by atoms with Crippen LogP contribution in [0.25, 0.3) is 0 Å². The first-order valence-electron chi connectivity index (χ1n) is 8.01. The first kappa shape index (κ1) is 13.9. The maximum Gasteiger partial charge on any atom is 0.0761 e. The molecule has 0 aliphatic carbocycles. The molecule has 20 heavy (non-hydrogen) atoms. The second-order valence-corrected chi connectivity index (χ2v) is 6.25. The lowest BCUT2D eigenvalue weighted by atomic mass is 10.1. The number of benzene rings is 1. The van der Waals surface area contributed by atoms with E-state index in [0.29, 0.717) is 0 Å². The Labute approximate surface area is 122 Å². The molecule has 0 saturated carbocycles. The largest absolute Gasteiger partial charge is 0.389 e. The molecule has 0 bridgehead atoms. The molecule has 110 valence electrons. The smallest absolute Gasteiger partial charge is 0.0761 e. The minimum atomic E-state index is -0.372. The van der Waals surface area contributed by atoms with Crippen LogP contribution in [0.4, 0.5) is 5.69 Å². The highest BCUT2D eigenvalue weighted by molar-refractivity contribution is 5.49. The van der Waals surface area contributed by atoms with Crippen molar-refractivity contribution in [3.05, 3.63) is 29.8 Å². The summed E-state index contributed by atoms with van der Waals surface area (Å²) in [5.41, 5.74) is 2.30. The van der Waals surface area contributed by atoms with Gasteiger partial charge in [-0.25, -0.2) is 0 Å². The lowest BCUT2D eigenvalue weighted by Gasteiger charge is -2.32. The van der Waals surface area contributed by atoms with Crippen molar-refractivity contribution in [3.8, 4) is 0 Å². The number of aliphatic hydroxyl groups excluding tert-OH is 1. The molecule has 0 aromatic heterocycles. The van der Waals surface area contributed by atoms with Gasteiger partial charge in [-0.2, -0.15) is 0 Å². The molecule has 1 aromatic rings. The SMILES string of the molecule is C[C@@H](O)c1ccc(N2CCC(N3CCCCC3)C2)cc1. The van der Waals surface area contributed by atoms with Crippen LogP contribution in [-0.4, -0.2) is 42.2 Å². The zero-order valence-electron chi connectivity index (χ0n) is 12.5. The van der Waals surface area contributed by atoms with E-state index in [4.69, 9.17) is 0 Å². The monoisotopic (exact) mass is 274 g/mol. The van der Waals surface area contributed by atoms with Crippen molar-refractivity contribution in [3.63, 3.8) is 0 Å². The number of piperidine rings is 1. The van der Waals surface area contributed by atoms with E-state index < -0.39 is 0 Å². The maximum atomic E-state index is 9.57. The van der Waals surface area contributed by atoms with Gasteiger partial charge in [0, 0.05) is 24.8 Å². The van der Waals surface area contributed by atoms with Crippen molar-refractivity contribution in [1.82, 2.24) is 4.90 Å². The van der Waals surface area contributed by atoms with Gasteiger partial charge in [0.05, 0.1) is 6.10 Å². The topological polar surface area (TPSA) is 26.7 Å². The van der Waals surface area contributed by atoms with Crippen molar-refractivity contribution in [2.24, 2.45) is 0 Å². The summed E-state index contributed by atoms with van der Waals surface area (Å²) in [7, 11) is 0. The van der Waals surface area contributed by atoms with E-state index >= 15 is 0 Å². The van der Waals surface area contributed by atoms with Crippen LogP contribution < -0.4 is 4.90 Å². The number of nitrogens with zero attached hydrogens (tertiary/aromatic N) is 2. The van der Waals surface area contributed by atoms with E-state index in [1.165, 1.54) is 44.5 Å². The van der Waals surface area contributed by atoms with Crippen LogP contribution in [0, 0.1) is 0 Å². The third kappa shape index (κ3) is 2.99. The van der Waals surface area contributed by atoms with Crippen LogP contribution in [0.1, 0.15) is 44.3 Å². The molecule has 2 aliphatic rings. The van der Waals surface area contributed by atoms with Gasteiger partial charge in [-0.05, 0) is 57.0 Å². The Morgan fingerprint density at radius 3 is 2.40 bits per heavy atom. The van der Waals surface area contributed by atoms with Crippen LogP contribution >= 0.6 is 0 Å². The predicted octanol–water partition coefficient (Wildman–Crippen LogP) is 2.80. The maximum absolute atomic E-state index is 9.57. The van der Waals surface area contributed by atoms with Crippen LogP contribution in [-0.2, 0) is 0 Å². The van der Waals surface area contributed by atoms with Crippen molar-refractivity contribution in [2.75, 3.05) is 31.1 Å². The second-order valence-electron chi connectivity index (χ2n) is 6.25. The molecular formula is C17H26N2O. The molecule has 0 amide bonds. The molecule has 0 spiro atoms. The Morgan fingerprint density at radius 1 is 1.05 bits per heavy atom. The Balaban J connectivity index is 1.61. The van der Waals surface area contributed by atoms with E-state index in [9.17, 15) is 5.11 Å². The molecule has 1 unspecified atom stereocenters. The van der Waals surface area contributed by atoms with Crippen LogP contribution in [0.3, 0.4) is 0 Å². The summed E-state index contributed by atoms with van der Waals surface area (Å²) < 4.78 is 0. The van der Waals surface area contributed by atoms with Crippen LogP contribution in [0.5, 0.6) is 0 Å². The lowest BCUT2D eigenvalue weighted by Crippen LogP contribution is -2.40. The molecule has 1 N–H and O–H groups in total. The number of hydrogen-bond donors (Lipinski definition) is 1. The van der Waals surface area contributed by atoms with Gasteiger partial charge in [0.25, 0.3) is 0 Å². The molecular weight excluding hydrogens is 248 g/mol. The molecule has 2 saturated heterocycles. The van der Waals surface area contributed by atoms with E-state index in [2.05, 4.69) is 21.9 Å². The number of hydrogen-bond acceptors (Lipinski definition) is 3. The summed E-state index contributed by atoms with van der Waals surface area (Å²) in [5.74, 6) is 0. The molecule has 2 heterocycles. The summed E-state index contributed by atoms with van der Waals surface area (Å²) in [5, 5.41) is 9.57. The fraction of sp³-hybridized carbons (Fsp3) is 0.647. The number of anilines is 1. The number of aliphatic hydroxyl groups is 1. The van der Waals surface area contributed by atoms with Crippen LogP contribution in [0.2, 0.25) is 0 Å². The van der Waals surface area contributed by atoms with Crippen molar-refractivity contribution >= 4 is 5.69 Å². The molecule has 0 radical (unpaired) electrons. The Hall–Kier alpha value is -1.06. The molecule has 1 aromatic carbocycles. The average molecular weight is 274 g/mol. The quantitative estimate of drug-likeness (QED) is 0.918. The van der Waals surface area contributed by atoms with E-state index in [0.717, 1.165) is 24.7 Å². The normalized spacial score (nSPS) is 25.9. The highest BCUT2D eigenvalue weighted by Gasteiger charge is 2.28. The average Bonchev–Trinajstić information content (AvgIpc) is 2.98. The van der Waals surface area contributed by atoms with Gasteiger partial charge in [-0.1, -0.05) is 18.6 Å². The van der Waals surface area contributed by atoms with Gasteiger partial charge < -0.3 is 10.0 Å². The Kier molecular flexibility index (Phi) is 4.27. The van der Waals surface area contributed by atoms with Gasteiger partial charge in [0.2, 0.25) is 0 Å². The molecule has 3 heteroatoms. The highest BCUT2D eigenvalue weighted by Crippen LogP contribution is 2.26. The first-order valence-corrected chi connectivity index (χ1v) is 8.01. The van der Waals surface area contributed by atoms with E-state index in [-0.39, 0.29) is 6.10 Å². The zero-order chi connectivity index (χ0) is 13.9. The Bertz CT molecular complexity index is 423. The summed E-state index contributed by atoms with van der Waals surface area (Å²) in [6.07, 6.45) is 5.08. The minimum Gasteiger partial charge on any atom is -0.389 e. The fourth-order valence-corrected chi connectivity index (χ4v) is 3.52. The minimum absolute atomic E-state index is 0.372. The van der Waals surface area contributed by atoms with Crippen LogP contribution in [0.15, 0.2) is 24.3 Å². The standard InChI is InChI=1S/C17H26N2O/c1-14(20)15-5-7-16(8-6-15)19-12-9-17(13-19)18-10-3-2-4-11-18/h5-8,14,17,20H,2-4,9-13H2,1H3/t14-,17?/m1/s1. The van der Waals surface area contributed by atoms with Gasteiger partial charge in [-0.3, -0.25) is 4.90 Å². The van der Waals surface area contributed by atoms with E-state index in [1.54, 1.807) is 0 Å². The summed E-state index contributed by atoms with van der Waals surface area (Å²) in [6, 6.07) is 9.15. The number of rotatable bonds is 3. The predicted molar refractivity (Wildman–Crippen MR) is 83.1 cm³/mol. The van der Waals surface area contributed by atoms with E-state index in [1.807, 2.05) is 19.1 Å². The van der Waals surface area contributed by atoms with Crippen molar-refractivity contribution in [2.45, 2.75) is 44.8 Å². The lowest BCUT2D eigenvalue weighted by molar-refractivity contribution is 0.175.